The molecule has 1 aromatic carbocycles. The van der Waals surface area contributed by atoms with Gasteiger partial charge in [-0.15, -0.1) is 0 Å². The summed E-state index contributed by atoms with van der Waals surface area (Å²) in [5, 5.41) is 0. The lowest BCUT2D eigenvalue weighted by Gasteiger charge is -2.32. The maximum absolute atomic E-state index is 12.5. The van der Waals surface area contributed by atoms with Crippen LogP contribution in [0.5, 0.6) is 5.75 Å². The summed E-state index contributed by atoms with van der Waals surface area (Å²) in [5.41, 5.74) is 6.65. The van der Waals surface area contributed by atoms with E-state index in [1.807, 2.05) is 29.2 Å². The van der Waals surface area contributed by atoms with Gasteiger partial charge in [0.1, 0.15) is 5.75 Å². The zero-order chi connectivity index (χ0) is 17.4. The minimum absolute atomic E-state index is 0.210. The van der Waals surface area contributed by atoms with Gasteiger partial charge >= 0.3 is 0 Å². The van der Waals surface area contributed by atoms with Crippen molar-refractivity contribution in [2.24, 2.45) is 5.73 Å². The molecule has 2 rings (SSSR count). The van der Waals surface area contributed by atoms with Crippen LogP contribution < -0.4 is 10.5 Å². The Morgan fingerprint density at radius 1 is 1.29 bits per heavy atom. The van der Waals surface area contributed by atoms with Crippen LogP contribution in [0.25, 0.3) is 0 Å². The number of hydrogen-bond acceptors (Lipinski definition) is 4. The van der Waals surface area contributed by atoms with Crippen molar-refractivity contribution in [3.63, 3.8) is 0 Å². The van der Waals surface area contributed by atoms with Gasteiger partial charge in [0, 0.05) is 26.1 Å². The second kappa shape index (κ2) is 9.64. The van der Waals surface area contributed by atoms with Gasteiger partial charge in [0.05, 0.1) is 13.2 Å². The van der Waals surface area contributed by atoms with Crippen LogP contribution in [-0.2, 0) is 9.53 Å². The summed E-state index contributed by atoms with van der Waals surface area (Å²) in [6, 6.07) is 7.96. The molecule has 1 atom stereocenters. The van der Waals surface area contributed by atoms with Gasteiger partial charge in [0.15, 0.2) is 0 Å². The molecule has 5 nitrogen and oxygen atoms in total. The van der Waals surface area contributed by atoms with Crippen LogP contribution in [0, 0.1) is 0 Å². The minimum Gasteiger partial charge on any atom is -0.497 e. The first-order valence-corrected chi connectivity index (χ1v) is 8.87. The molecule has 1 unspecified atom stereocenters. The van der Waals surface area contributed by atoms with Crippen LogP contribution >= 0.6 is 0 Å². The number of carbonyl (C=O) groups is 1. The number of amides is 1. The largest absolute Gasteiger partial charge is 0.497 e. The van der Waals surface area contributed by atoms with Gasteiger partial charge in [0.2, 0.25) is 5.91 Å². The van der Waals surface area contributed by atoms with Crippen molar-refractivity contribution < 1.29 is 14.3 Å². The van der Waals surface area contributed by atoms with Crippen LogP contribution in [0.1, 0.15) is 44.1 Å². The highest BCUT2D eigenvalue weighted by Gasteiger charge is 2.24. The van der Waals surface area contributed by atoms with Crippen molar-refractivity contribution in [3.8, 4) is 5.75 Å². The molecule has 134 valence electrons. The maximum Gasteiger partial charge on any atom is 0.223 e. The topological polar surface area (TPSA) is 64.8 Å². The number of piperidine rings is 1. The lowest BCUT2D eigenvalue weighted by Crippen LogP contribution is -2.41. The molecule has 0 radical (unpaired) electrons. The van der Waals surface area contributed by atoms with E-state index in [9.17, 15) is 4.79 Å². The van der Waals surface area contributed by atoms with Crippen LogP contribution in [0.15, 0.2) is 24.3 Å². The average molecular weight is 334 g/mol. The molecule has 1 aliphatic heterocycles. The Morgan fingerprint density at radius 2 is 1.96 bits per heavy atom. The summed E-state index contributed by atoms with van der Waals surface area (Å²) in [5.74, 6) is 1.29. The second-order valence-corrected chi connectivity index (χ2v) is 6.47. The maximum atomic E-state index is 12.5. The molecule has 1 heterocycles. The number of benzene rings is 1. The van der Waals surface area contributed by atoms with E-state index in [0.717, 1.165) is 44.7 Å². The Labute approximate surface area is 145 Å². The lowest BCUT2D eigenvalue weighted by molar-refractivity contribution is -0.134. The first-order chi connectivity index (χ1) is 11.6. The Hall–Kier alpha value is -1.59. The zero-order valence-corrected chi connectivity index (χ0v) is 14.9. The predicted octanol–water partition coefficient (Wildman–Crippen LogP) is 2.55. The summed E-state index contributed by atoms with van der Waals surface area (Å²) < 4.78 is 11.0. The van der Waals surface area contributed by atoms with Crippen molar-refractivity contribution in [1.82, 2.24) is 4.90 Å². The number of rotatable bonds is 8. The fraction of sp³-hybridized carbons (Fsp3) is 0.632. The van der Waals surface area contributed by atoms with Gasteiger partial charge in [-0.25, -0.2) is 0 Å². The molecule has 0 bridgehead atoms. The van der Waals surface area contributed by atoms with E-state index in [1.54, 1.807) is 7.11 Å². The van der Waals surface area contributed by atoms with Crippen molar-refractivity contribution in [2.75, 3.05) is 33.4 Å². The zero-order valence-electron chi connectivity index (χ0n) is 14.9. The van der Waals surface area contributed by atoms with Crippen LogP contribution in [0.4, 0.5) is 0 Å². The van der Waals surface area contributed by atoms with Gasteiger partial charge in [-0.1, -0.05) is 19.1 Å². The number of likely N-dealkylation sites (tertiary alicyclic amines) is 1. The normalized spacial score (nSPS) is 16.9. The highest BCUT2D eigenvalue weighted by Crippen LogP contribution is 2.24. The quantitative estimate of drug-likeness (QED) is 0.742. The molecular weight excluding hydrogens is 304 g/mol. The van der Waals surface area contributed by atoms with Crippen molar-refractivity contribution in [2.45, 2.75) is 44.6 Å². The van der Waals surface area contributed by atoms with Gasteiger partial charge in [-0.05, 0) is 49.4 Å². The second-order valence-electron chi connectivity index (χ2n) is 6.47. The van der Waals surface area contributed by atoms with Crippen molar-refractivity contribution >= 4 is 5.91 Å². The summed E-state index contributed by atoms with van der Waals surface area (Å²) in [6.07, 6.45) is 3.57. The molecule has 1 aliphatic rings. The van der Waals surface area contributed by atoms with E-state index in [1.165, 1.54) is 5.56 Å². The Balaban J connectivity index is 1.76. The number of methoxy groups -OCH3 is 1. The average Bonchev–Trinajstić information content (AvgIpc) is 2.62. The first kappa shape index (κ1) is 18.7. The Morgan fingerprint density at radius 3 is 2.54 bits per heavy atom. The van der Waals surface area contributed by atoms with E-state index in [4.69, 9.17) is 15.2 Å². The van der Waals surface area contributed by atoms with E-state index in [-0.39, 0.29) is 17.9 Å². The summed E-state index contributed by atoms with van der Waals surface area (Å²) in [7, 11) is 1.66. The number of nitrogens with two attached hydrogens (primary N) is 1. The molecule has 0 saturated carbocycles. The Kier molecular flexibility index (Phi) is 7.53. The molecule has 1 amide bonds. The summed E-state index contributed by atoms with van der Waals surface area (Å²) in [6.45, 7) is 5.08. The minimum atomic E-state index is 0.210. The lowest BCUT2D eigenvalue weighted by atomic mass is 9.96. The van der Waals surface area contributed by atoms with Gasteiger partial charge in [0.25, 0.3) is 0 Å². The molecule has 2 N–H and O–H groups in total. The van der Waals surface area contributed by atoms with Crippen molar-refractivity contribution in [3.05, 3.63) is 29.8 Å². The molecule has 0 aromatic heterocycles. The molecule has 0 aliphatic carbocycles. The van der Waals surface area contributed by atoms with Gasteiger partial charge in [-0.3, -0.25) is 4.79 Å². The monoisotopic (exact) mass is 334 g/mol. The molecular formula is C19H30N2O3. The standard InChI is InChI=1S/C19H30N2O3/c1-15(16-4-6-17(23-2)7-5-16)14-19(22)21-11-8-18(9-12-21)24-13-3-10-20/h4-7,15,18H,3,8-14,20H2,1-2H3. The third-order valence-corrected chi connectivity index (χ3v) is 4.66. The fourth-order valence-electron chi connectivity index (χ4n) is 3.05. The molecule has 0 spiro atoms. The van der Waals surface area contributed by atoms with E-state index in [0.29, 0.717) is 13.0 Å². The van der Waals surface area contributed by atoms with Gasteiger partial charge < -0.3 is 20.1 Å². The van der Waals surface area contributed by atoms with E-state index < -0.39 is 0 Å². The summed E-state index contributed by atoms with van der Waals surface area (Å²) >= 11 is 0. The van der Waals surface area contributed by atoms with Crippen LogP contribution in [0.3, 0.4) is 0 Å². The van der Waals surface area contributed by atoms with Crippen molar-refractivity contribution in [1.29, 1.82) is 0 Å². The first-order valence-electron chi connectivity index (χ1n) is 8.87. The molecule has 24 heavy (non-hydrogen) atoms. The third-order valence-electron chi connectivity index (χ3n) is 4.66. The molecule has 1 fully saturated rings. The molecule has 1 saturated heterocycles. The molecule has 5 heteroatoms. The summed E-state index contributed by atoms with van der Waals surface area (Å²) in [4.78, 5) is 14.5. The van der Waals surface area contributed by atoms with E-state index in [2.05, 4.69) is 6.92 Å². The smallest absolute Gasteiger partial charge is 0.223 e. The van der Waals surface area contributed by atoms with E-state index >= 15 is 0 Å². The highest BCUT2D eigenvalue weighted by atomic mass is 16.5. The fourth-order valence-corrected chi connectivity index (χ4v) is 3.05. The molecule has 1 aromatic rings. The Bertz CT molecular complexity index is 496. The highest BCUT2D eigenvalue weighted by molar-refractivity contribution is 5.77. The number of carbonyl (C=O) groups excluding carboxylic acids is 1. The number of hydrogen-bond donors (Lipinski definition) is 1. The van der Waals surface area contributed by atoms with Crippen LogP contribution in [-0.4, -0.2) is 50.3 Å². The SMILES string of the molecule is COc1ccc(C(C)CC(=O)N2CCC(OCCCN)CC2)cc1. The number of nitrogens with zero attached hydrogens (tertiary/aromatic N) is 1. The third kappa shape index (κ3) is 5.49. The van der Waals surface area contributed by atoms with Gasteiger partial charge in [-0.2, -0.15) is 0 Å². The van der Waals surface area contributed by atoms with Crippen LogP contribution in [0.2, 0.25) is 0 Å². The predicted molar refractivity (Wildman–Crippen MR) is 95.3 cm³/mol. The number of ether oxygens (including phenoxy) is 2.